The van der Waals surface area contributed by atoms with Crippen LogP contribution in [0.15, 0.2) is 60.8 Å². The Morgan fingerprint density at radius 2 is 0.656 bits per heavy atom. The van der Waals surface area contributed by atoms with Crippen molar-refractivity contribution in [2.45, 2.75) is 258 Å². The van der Waals surface area contributed by atoms with Gasteiger partial charge in [0.25, 0.3) is 0 Å². The van der Waals surface area contributed by atoms with Gasteiger partial charge in [-0.2, -0.15) is 0 Å². The van der Waals surface area contributed by atoms with Crippen molar-refractivity contribution in [2.75, 3.05) is 13.2 Å². The first-order chi connectivity index (χ1) is 30.0. The Hall–Kier alpha value is -2.89. The largest absolute Gasteiger partial charge is 0.462 e. The van der Waals surface area contributed by atoms with E-state index >= 15 is 0 Å². The summed E-state index contributed by atoms with van der Waals surface area (Å²) < 4.78 is 16.7. The second kappa shape index (κ2) is 49.8. The first-order valence-corrected chi connectivity index (χ1v) is 25.8. The number of ether oxygens (including phenoxy) is 3. The van der Waals surface area contributed by atoms with Crippen LogP contribution in [0, 0.1) is 0 Å². The maximum Gasteiger partial charge on any atom is 0.306 e. The maximum absolute atomic E-state index is 12.8. The molecule has 0 fully saturated rings. The summed E-state index contributed by atoms with van der Waals surface area (Å²) in [6.45, 7) is 6.45. The van der Waals surface area contributed by atoms with Crippen molar-refractivity contribution < 1.29 is 28.6 Å². The fourth-order valence-corrected chi connectivity index (χ4v) is 7.10. The van der Waals surface area contributed by atoms with Gasteiger partial charge in [-0.05, 0) is 96.3 Å². The molecule has 1 unspecified atom stereocenters. The van der Waals surface area contributed by atoms with Crippen LogP contribution in [0.25, 0.3) is 0 Å². The maximum atomic E-state index is 12.8. The fourth-order valence-electron chi connectivity index (χ4n) is 7.10. The van der Waals surface area contributed by atoms with Crippen LogP contribution in [-0.4, -0.2) is 37.2 Å². The molecule has 352 valence electrons. The molecule has 6 nitrogen and oxygen atoms in total. The van der Waals surface area contributed by atoms with Crippen LogP contribution < -0.4 is 0 Å². The summed E-state index contributed by atoms with van der Waals surface area (Å²) in [5, 5.41) is 0. The van der Waals surface area contributed by atoms with Gasteiger partial charge >= 0.3 is 17.9 Å². The summed E-state index contributed by atoms with van der Waals surface area (Å²) in [6, 6.07) is 0. The monoisotopic (exact) mass is 853 g/mol. The van der Waals surface area contributed by atoms with Crippen molar-refractivity contribution in [2.24, 2.45) is 0 Å². The van der Waals surface area contributed by atoms with Crippen LogP contribution in [0.3, 0.4) is 0 Å². The highest BCUT2D eigenvalue weighted by Gasteiger charge is 2.19. The Morgan fingerprint density at radius 3 is 1.10 bits per heavy atom. The average Bonchev–Trinajstić information content (AvgIpc) is 3.26. The third kappa shape index (κ3) is 48.0. The van der Waals surface area contributed by atoms with Gasteiger partial charge in [0.1, 0.15) is 13.2 Å². The zero-order valence-corrected chi connectivity index (χ0v) is 40.2. The highest BCUT2D eigenvalue weighted by atomic mass is 16.6. The molecule has 6 heteroatoms. The topological polar surface area (TPSA) is 78.9 Å². The molecular formula is C55H96O6. The number of rotatable bonds is 46. The minimum Gasteiger partial charge on any atom is -0.462 e. The molecule has 0 amide bonds. The number of hydrogen-bond donors (Lipinski definition) is 0. The van der Waals surface area contributed by atoms with Gasteiger partial charge in [0.15, 0.2) is 6.10 Å². The van der Waals surface area contributed by atoms with Gasteiger partial charge in [-0.15, -0.1) is 0 Å². The van der Waals surface area contributed by atoms with E-state index in [2.05, 4.69) is 81.5 Å². The number of esters is 3. The zero-order valence-electron chi connectivity index (χ0n) is 40.2. The van der Waals surface area contributed by atoms with E-state index in [1.165, 1.54) is 128 Å². The van der Waals surface area contributed by atoms with E-state index in [0.717, 1.165) is 77.0 Å². The van der Waals surface area contributed by atoms with E-state index < -0.39 is 6.10 Å². The van der Waals surface area contributed by atoms with Crippen LogP contribution in [0.2, 0.25) is 0 Å². The summed E-state index contributed by atoms with van der Waals surface area (Å²) in [5.74, 6) is -0.973. The number of unbranched alkanes of at least 4 members (excludes halogenated alkanes) is 25. The Kier molecular flexibility index (Phi) is 47.4. The standard InChI is InChI=1S/C55H96O6/c1-4-7-10-13-16-19-22-24-25-26-27-28-29-31-33-36-39-42-45-48-54(57)60-51-52(50-59-53(56)47-44-41-38-35-32-21-18-15-12-9-6-3)61-55(58)49-46-43-40-37-34-30-23-20-17-14-11-8-5-2/h9,12,18,21,26-27,30,34-35,38,52H,4-8,10-11,13-17,19-20,22-25,28-29,31-33,36-37,39-51H2,1-3H3/b12-9-,21-18-,27-26-,34-30-,38-35-. The summed E-state index contributed by atoms with van der Waals surface area (Å²) in [7, 11) is 0. The van der Waals surface area contributed by atoms with Crippen LogP contribution in [0.1, 0.15) is 252 Å². The molecule has 1 atom stereocenters. The van der Waals surface area contributed by atoms with Gasteiger partial charge in [0, 0.05) is 19.3 Å². The lowest BCUT2D eigenvalue weighted by molar-refractivity contribution is -0.167. The Labute approximate surface area is 377 Å². The van der Waals surface area contributed by atoms with E-state index in [1.54, 1.807) is 0 Å². The highest BCUT2D eigenvalue weighted by Crippen LogP contribution is 2.14. The lowest BCUT2D eigenvalue weighted by atomic mass is 10.1. The van der Waals surface area contributed by atoms with Gasteiger partial charge in [0.05, 0.1) is 0 Å². The summed E-state index contributed by atoms with van der Waals surface area (Å²) in [4.78, 5) is 37.9. The Balaban J connectivity index is 4.38. The molecule has 0 spiro atoms. The molecule has 0 saturated heterocycles. The molecule has 0 aromatic rings. The second-order valence-corrected chi connectivity index (χ2v) is 17.0. The van der Waals surface area contributed by atoms with Gasteiger partial charge in [0.2, 0.25) is 0 Å². The minimum absolute atomic E-state index is 0.0979. The van der Waals surface area contributed by atoms with E-state index in [1.807, 2.05) is 0 Å². The average molecular weight is 853 g/mol. The lowest BCUT2D eigenvalue weighted by Crippen LogP contribution is -2.30. The third-order valence-electron chi connectivity index (χ3n) is 11.0. The van der Waals surface area contributed by atoms with Crippen LogP contribution >= 0.6 is 0 Å². The van der Waals surface area contributed by atoms with Crippen LogP contribution in [0.5, 0.6) is 0 Å². The number of hydrogen-bond acceptors (Lipinski definition) is 6. The number of allylic oxidation sites excluding steroid dienone is 10. The molecule has 0 aromatic heterocycles. The molecule has 0 aliphatic carbocycles. The van der Waals surface area contributed by atoms with E-state index in [-0.39, 0.29) is 37.5 Å². The smallest absolute Gasteiger partial charge is 0.306 e. The second-order valence-electron chi connectivity index (χ2n) is 17.0. The van der Waals surface area contributed by atoms with Crippen molar-refractivity contribution in [3.05, 3.63) is 60.8 Å². The SMILES string of the molecule is CC/C=C\C/C=C\C/C=C\CCCC(=O)OCC(COC(=O)CCCCCCCCC/C=C\CCCCCCCCCC)OC(=O)CCCCC/C=C\CCCCCCCC. The van der Waals surface area contributed by atoms with Crippen molar-refractivity contribution in [3.63, 3.8) is 0 Å². The number of carbonyl (C=O) groups is 3. The first kappa shape index (κ1) is 58.1. The molecule has 0 aliphatic rings. The Morgan fingerprint density at radius 1 is 0.344 bits per heavy atom. The lowest BCUT2D eigenvalue weighted by Gasteiger charge is -2.18. The molecule has 0 aromatic carbocycles. The quantitative estimate of drug-likeness (QED) is 0.0263. The van der Waals surface area contributed by atoms with E-state index in [4.69, 9.17) is 14.2 Å². The van der Waals surface area contributed by atoms with Crippen molar-refractivity contribution in [1.29, 1.82) is 0 Å². The molecule has 61 heavy (non-hydrogen) atoms. The summed E-state index contributed by atoms with van der Waals surface area (Å²) in [5.41, 5.74) is 0. The fraction of sp³-hybridized carbons (Fsp3) is 0.764. The molecule has 0 heterocycles. The predicted octanol–water partition coefficient (Wildman–Crippen LogP) is 16.9. The summed E-state index contributed by atoms with van der Waals surface area (Å²) >= 11 is 0. The molecular weight excluding hydrogens is 757 g/mol. The normalized spacial score (nSPS) is 12.5. The van der Waals surface area contributed by atoms with Crippen LogP contribution in [0.4, 0.5) is 0 Å². The highest BCUT2D eigenvalue weighted by molar-refractivity contribution is 5.71. The van der Waals surface area contributed by atoms with Crippen molar-refractivity contribution in [1.82, 2.24) is 0 Å². The van der Waals surface area contributed by atoms with Crippen LogP contribution in [-0.2, 0) is 28.6 Å². The molecule has 0 N–H and O–H groups in total. The zero-order chi connectivity index (χ0) is 44.4. The van der Waals surface area contributed by atoms with Gasteiger partial charge < -0.3 is 14.2 Å². The van der Waals surface area contributed by atoms with E-state index in [9.17, 15) is 14.4 Å². The predicted molar refractivity (Wildman–Crippen MR) is 261 cm³/mol. The van der Waals surface area contributed by atoms with Gasteiger partial charge in [-0.25, -0.2) is 0 Å². The first-order valence-electron chi connectivity index (χ1n) is 25.8. The molecule has 0 radical (unpaired) electrons. The van der Waals surface area contributed by atoms with Crippen molar-refractivity contribution >= 4 is 17.9 Å². The Bertz CT molecular complexity index is 1120. The molecule has 0 aliphatic heterocycles. The van der Waals surface area contributed by atoms with Crippen molar-refractivity contribution in [3.8, 4) is 0 Å². The van der Waals surface area contributed by atoms with E-state index in [0.29, 0.717) is 19.3 Å². The van der Waals surface area contributed by atoms with Gasteiger partial charge in [-0.3, -0.25) is 14.4 Å². The molecule has 0 bridgehead atoms. The molecule has 0 rings (SSSR count). The van der Waals surface area contributed by atoms with Gasteiger partial charge in [-0.1, -0.05) is 197 Å². The minimum atomic E-state index is -0.802. The molecule has 0 saturated carbocycles. The number of carbonyl (C=O) groups excluding carboxylic acids is 3. The third-order valence-corrected chi connectivity index (χ3v) is 11.0. The summed E-state index contributed by atoms with van der Waals surface area (Å²) in [6.07, 6.45) is 60.8.